The first-order chi connectivity index (χ1) is 9.29. The number of nitrogens with one attached hydrogen (secondary N) is 1. The van der Waals surface area contributed by atoms with E-state index in [1.165, 1.54) is 7.05 Å². The molecule has 0 saturated carbocycles. The van der Waals surface area contributed by atoms with E-state index < -0.39 is 23.0 Å². The largest absolute Gasteiger partial charge is 0.418 e. The summed E-state index contributed by atoms with van der Waals surface area (Å²) in [4.78, 5) is 11.9. The molecule has 1 aromatic heterocycles. The molecule has 2 rings (SSSR count). The van der Waals surface area contributed by atoms with Crippen LogP contribution in [-0.4, -0.2) is 4.57 Å². The SMILES string of the molecule is Cc1cccc(Nc2c(C(F)(F)F)ccn(C)c2=O)c1. The van der Waals surface area contributed by atoms with Gasteiger partial charge in [-0.15, -0.1) is 0 Å². The average molecular weight is 282 g/mol. The van der Waals surface area contributed by atoms with Crippen LogP contribution in [0.5, 0.6) is 0 Å². The van der Waals surface area contributed by atoms with Gasteiger partial charge in [-0.1, -0.05) is 12.1 Å². The monoisotopic (exact) mass is 282 g/mol. The highest BCUT2D eigenvalue weighted by Crippen LogP contribution is 2.34. The third-order valence-corrected chi connectivity index (χ3v) is 2.86. The fourth-order valence-electron chi connectivity index (χ4n) is 1.85. The van der Waals surface area contributed by atoms with Crippen LogP contribution < -0.4 is 10.9 Å². The number of pyridine rings is 1. The van der Waals surface area contributed by atoms with Gasteiger partial charge in [0.2, 0.25) is 0 Å². The zero-order valence-corrected chi connectivity index (χ0v) is 11.0. The number of hydrogen-bond acceptors (Lipinski definition) is 2. The van der Waals surface area contributed by atoms with Crippen molar-refractivity contribution >= 4 is 11.4 Å². The fraction of sp³-hybridized carbons (Fsp3) is 0.214. The third-order valence-electron chi connectivity index (χ3n) is 2.86. The van der Waals surface area contributed by atoms with Crippen molar-refractivity contribution in [2.75, 3.05) is 5.32 Å². The molecule has 0 radical (unpaired) electrons. The van der Waals surface area contributed by atoms with Crippen molar-refractivity contribution in [2.24, 2.45) is 7.05 Å². The van der Waals surface area contributed by atoms with E-state index in [4.69, 9.17) is 0 Å². The standard InChI is InChI=1S/C14H13F3N2O/c1-9-4-3-5-10(8-9)18-12-11(14(15,16)17)6-7-19(2)13(12)20/h3-8,18H,1-2H3. The molecule has 6 heteroatoms. The summed E-state index contributed by atoms with van der Waals surface area (Å²) in [5.74, 6) is 0. The molecule has 0 aliphatic rings. The number of alkyl halides is 3. The van der Waals surface area contributed by atoms with Crippen LogP contribution in [0.15, 0.2) is 41.3 Å². The molecule has 0 atom stereocenters. The molecule has 0 aliphatic carbocycles. The lowest BCUT2D eigenvalue weighted by Crippen LogP contribution is -2.24. The predicted molar refractivity (Wildman–Crippen MR) is 71.1 cm³/mol. The van der Waals surface area contributed by atoms with E-state index in [2.05, 4.69) is 5.32 Å². The summed E-state index contributed by atoms with van der Waals surface area (Å²) < 4.78 is 40.0. The van der Waals surface area contributed by atoms with E-state index in [-0.39, 0.29) is 0 Å². The van der Waals surface area contributed by atoms with Crippen molar-refractivity contribution in [3.05, 3.63) is 58.0 Å². The van der Waals surface area contributed by atoms with Crippen molar-refractivity contribution in [2.45, 2.75) is 13.1 Å². The molecule has 2 aromatic rings. The maximum absolute atomic E-state index is 13.0. The molecule has 1 aromatic carbocycles. The van der Waals surface area contributed by atoms with E-state index in [1.54, 1.807) is 18.2 Å². The summed E-state index contributed by atoms with van der Waals surface area (Å²) in [7, 11) is 1.41. The predicted octanol–water partition coefficient (Wildman–Crippen LogP) is 3.46. The van der Waals surface area contributed by atoms with E-state index in [1.807, 2.05) is 13.0 Å². The number of nitrogens with zero attached hydrogens (tertiary/aromatic N) is 1. The first-order valence-electron chi connectivity index (χ1n) is 5.89. The molecule has 0 aliphatic heterocycles. The molecule has 0 unspecified atom stereocenters. The van der Waals surface area contributed by atoms with Crippen molar-refractivity contribution in [1.82, 2.24) is 4.57 Å². The molecule has 0 fully saturated rings. The van der Waals surface area contributed by atoms with Gasteiger partial charge in [0.1, 0.15) is 5.69 Å². The summed E-state index contributed by atoms with van der Waals surface area (Å²) in [5.41, 5.74) is -0.827. The number of halogens is 3. The molecule has 0 saturated heterocycles. The second-order valence-electron chi connectivity index (χ2n) is 4.51. The summed E-state index contributed by atoms with van der Waals surface area (Å²) in [6.45, 7) is 1.82. The zero-order chi connectivity index (χ0) is 14.9. The lowest BCUT2D eigenvalue weighted by molar-refractivity contribution is -0.137. The Hall–Kier alpha value is -2.24. The Morgan fingerprint density at radius 1 is 1.20 bits per heavy atom. The Morgan fingerprint density at radius 3 is 2.50 bits per heavy atom. The summed E-state index contributed by atoms with van der Waals surface area (Å²) in [5, 5.41) is 2.58. The maximum Gasteiger partial charge on any atom is 0.418 e. The van der Waals surface area contributed by atoms with Crippen LogP contribution >= 0.6 is 0 Å². The van der Waals surface area contributed by atoms with Crippen LogP contribution in [0.3, 0.4) is 0 Å². The molecule has 0 amide bonds. The van der Waals surface area contributed by atoms with Crippen molar-refractivity contribution < 1.29 is 13.2 Å². The lowest BCUT2D eigenvalue weighted by Gasteiger charge is -2.15. The number of rotatable bonds is 2. The minimum atomic E-state index is -4.58. The molecule has 106 valence electrons. The van der Waals surface area contributed by atoms with Crippen LogP contribution in [0.4, 0.5) is 24.5 Å². The Morgan fingerprint density at radius 2 is 1.90 bits per heavy atom. The molecule has 1 N–H and O–H groups in total. The molecule has 3 nitrogen and oxygen atoms in total. The van der Waals surface area contributed by atoms with E-state index in [0.717, 1.165) is 22.4 Å². The van der Waals surface area contributed by atoms with E-state index in [0.29, 0.717) is 5.69 Å². The smallest absolute Gasteiger partial charge is 0.351 e. The maximum atomic E-state index is 13.0. The Labute approximate surface area is 113 Å². The van der Waals surface area contributed by atoms with Crippen LogP contribution in [0.1, 0.15) is 11.1 Å². The topological polar surface area (TPSA) is 34.0 Å². The molecule has 20 heavy (non-hydrogen) atoms. The Kier molecular flexibility index (Phi) is 3.57. The normalized spacial score (nSPS) is 11.4. The quantitative estimate of drug-likeness (QED) is 0.915. The number of aromatic nitrogens is 1. The van der Waals surface area contributed by atoms with Gasteiger partial charge in [-0.2, -0.15) is 13.2 Å². The van der Waals surface area contributed by atoms with Gasteiger partial charge in [0.05, 0.1) is 5.56 Å². The average Bonchev–Trinajstić information content (AvgIpc) is 2.33. The van der Waals surface area contributed by atoms with Crippen molar-refractivity contribution in [1.29, 1.82) is 0 Å². The molecular weight excluding hydrogens is 269 g/mol. The van der Waals surface area contributed by atoms with E-state index >= 15 is 0 Å². The van der Waals surface area contributed by atoms with Crippen LogP contribution in [0, 0.1) is 6.92 Å². The highest BCUT2D eigenvalue weighted by Gasteiger charge is 2.35. The van der Waals surface area contributed by atoms with Gasteiger partial charge in [0.25, 0.3) is 5.56 Å². The Balaban J connectivity index is 2.55. The van der Waals surface area contributed by atoms with Gasteiger partial charge in [0.15, 0.2) is 0 Å². The number of anilines is 2. The van der Waals surface area contributed by atoms with E-state index in [9.17, 15) is 18.0 Å². The highest BCUT2D eigenvalue weighted by atomic mass is 19.4. The van der Waals surface area contributed by atoms with Gasteiger partial charge in [0, 0.05) is 18.9 Å². The molecule has 1 heterocycles. The summed E-state index contributed by atoms with van der Waals surface area (Å²) in [6.07, 6.45) is -3.48. The number of hydrogen-bond donors (Lipinski definition) is 1. The minimum absolute atomic E-state index is 0.443. The van der Waals surface area contributed by atoms with Gasteiger partial charge < -0.3 is 9.88 Å². The number of aryl methyl sites for hydroxylation is 2. The highest BCUT2D eigenvalue weighted by molar-refractivity contribution is 5.63. The first kappa shape index (κ1) is 14.2. The van der Waals surface area contributed by atoms with Crippen molar-refractivity contribution in [3.8, 4) is 0 Å². The second-order valence-corrected chi connectivity index (χ2v) is 4.51. The van der Waals surface area contributed by atoms with Gasteiger partial charge in [-0.25, -0.2) is 0 Å². The van der Waals surface area contributed by atoms with Crippen molar-refractivity contribution in [3.63, 3.8) is 0 Å². The summed E-state index contributed by atoms with van der Waals surface area (Å²) in [6, 6.07) is 7.70. The Bertz CT molecular complexity index is 690. The van der Waals surface area contributed by atoms with Gasteiger partial charge >= 0.3 is 6.18 Å². The lowest BCUT2D eigenvalue weighted by atomic mass is 10.2. The third kappa shape index (κ3) is 2.84. The molecule has 0 bridgehead atoms. The minimum Gasteiger partial charge on any atom is -0.351 e. The molecule has 0 spiro atoms. The fourth-order valence-corrected chi connectivity index (χ4v) is 1.85. The first-order valence-corrected chi connectivity index (χ1v) is 5.89. The summed E-state index contributed by atoms with van der Waals surface area (Å²) >= 11 is 0. The zero-order valence-electron chi connectivity index (χ0n) is 11.0. The molecular formula is C14H13F3N2O. The van der Waals surface area contributed by atoms with Gasteiger partial charge in [-0.3, -0.25) is 4.79 Å². The van der Waals surface area contributed by atoms with Crippen LogP contribution in [-0.2, 0) is 13.2 Å². The second kappa shape index (κ2) is 5.03. The van der Waals surface area contributed by atoms with Crippen LogP contribution in [0.25, 0.3) is 0 Å². The van der Waals surface area contributed by atoms with Gasteiger partial charge in [-0.05, 0) is 30.7 Å². The van der Waals surface area contributed by atoms with Crippen LogP contribution in [0.2, 0.25) is 0 Å². The number of benzene rings is 1.